The van der Waals surface area contributed by atoms with Gasteiger partial charge in [0, 0.05) is 17.5 Å². The summed E-state index contributed by atoms with van der Waals surface area (Å²) in [6, 6.07) is 12.2. The van der Waals surface area contributed by atoms with Crippen LogP contribution < -0.4 is 4.74 Å². The maximum Gasteiger partial charge on any atom is 0.119 e. The minimum Gasteiger partial charge on any atom is -0.497 e. The maximum atomic E-state index is 5.20. The summed E-state index contributed by atoms with van der Waals surface area (Å²) in [6.45, 7) is 2.10. The monoisotopic (exact) mass is 213 g/mol. The number of hydrogen-bond acceptors (Lipinski definition) is 2. The molecule has 0 saturated carbocycles. The predicted molar refractivity (Wildman–Crippen MR) is 65.6 cm³/mol. The van der Waals surface area contributed by atoms with Crippen molar-refractivity contribution in [1.82, 2.24) is 4.98 Å². The number of pyridine rings is 1. The van der Waals surface area contributed by atoms with E-state index in [9.17, 15) is 0 Å². The fourth-order valence-electron chi connectivity index (χ4n) is 1.61. The van der Waals surface area contributed by atoms with E-state index in [2.05, 4.69) is 30.1 Å². The van der Waals surface area contributed by atoms with Gasteiger partial charge < -0.3 is 4.74 Å². The van der Waals surface area contributed by atoms with Crippen molar-refractivity contribution in [3.63, 3.8) is 0 Å². The van der Waals surface area contributed by atoms with E-state index < -0.39 is 0 Å². The van der Waals surface area contributed by atoms with Crippen LogP contribution in [0.15, 0.2) is 42.6 Å². The van der Waals surface area contributed by atoms with Crippen LogP contribution in [0.3, 0.4) is 0 Å². The summed E-state index contributed by atoms with van der Waals surface area (Å²) in [6.07, 6.45) is 2.88. The molecule has 16 heavy (non-hydrogen) atoms. The van der Waals surface area contributed by atoms with Crippen LogP contribution >= 0.6 is 0 Å². The zero-order valence-corrected chi connectivity index (χ0v) is 9.60. The second-order valence-electron chi connectivity index (χ2n) is 3.62. The van der Waals surface area contributed by atoms with Crippen molar-refractivity contribution in [2.24, 2.45) is 0 Å². The van der Waals surface area contributed by atoms with Gasteiger partial charge in [-0.3, -0.25) is 4.98 Å². The lowest BCUT2D eigenvalue weighted by molar-refractivity contribution is 0.415. The van der Waals surface area contributed by atoms with Crippen LogP contribution in [0.2, 0.25) is 0 Å². The molecule has 1 aromatic heterocycles. The summed E-state index contributed by atoms with van der Waals surface area (Å²) in [4.78, 5) is 4.39. The van der Waals surface area contributed by atoms with E-state index in [-0.39, 0.29) is 0 Å². The van der Waals surface area contributed by atoms with Gasteiger partial charge in [0.2, 0.25) is 0 Å². The molecule has 0 aliphatic rings. The Morgan fingerprint density at radius 3 is 2.62 bits per heavy atom. The first-order valence-electron chi connectivity index (χ1n) is 5.43. The number of methoxy groups -OCH3 is 1. The molecule has 2 rings (SSSR count). The highest BCUT2D eigenvalue weighted by Crippen LogP contribution is 2.23. The van der Waals surface area contributed by atoms with Gasteiger partial charge in [-0.25, -0.2) is 0 Å². The first kappa shape index (κ1) is 10.7. The van der Waals surface area contributed by atoms with E-state index in [1.165, 1.54) is 0 Å². The fourth-order valence-corrected chi connectivity index (χ4v) is 1.61. The Bertz CT molecular complexity index is 462. The second-order valence-corrected chi connectivity index (χ2v) is 3.62. The molecule has 0 aliphatic carbocycles. The maximum absolute atomic E-state index is 5.20. The van der Waals surface area contributed by atoms with Gasteiger partial charge in [0.1, 0.15) is 5.75 Å². The summed E-state index contributed by atoms with van der Waals surface area (Å²) in [7, 11) is 1.68. The molecule has 2 nitrogen and oxygen atoms in total. The molecule has 1 heterocycles. The first-order valence-corrected chi connectivity index (χ1v) is 5.43. The first-order chi connectivity index (χ1) is 7.83. The average Bonchev–Trinajstić information content (AvgIpc) is 2.39. The van der Waals surface area contributed by atoms with E-state index in [1.54, 1.807) is 7.11 Å². The Kier molecular flexibility index (Phi) is 3.20. The van der Waals surface area contributed by atoms with Crippen LogP contribution in [-0.4, -0.2) is 12.1 Å². The molecule has 1 aromatic carbocycles. The lowest BCUT2D eigenvalue weighted by Crippen LogP contribution is -1.88. The summed E-state index contributed by atoms with van der Waals surface area (Å²) in [5.74, 6) is 0.872. The molecule has 2 heteroatoms. The molecular weight excluding hydrogens is 198 g/mol. The van der Waals surface area contributed by atoms with E-state index in [1.807, 2.05) is 24.4 Å². The molecule has 0 amide bonds. The van der Waals surface area contributed by atoms with Crippen molar-refractivity contribution in [2.45, 2.75) is 13.3 Å². The third kappa shape index (κ3) is 2.22. The summed E-state index contributed by atoms with van der Waals surface area (Å²) in [5, 5.41) is 0. The SMILES string of the molecule is CCc1ccc(-c2cccc(OC)c2)cn1. The number of benzene rings is 1. The van der Waals surface area contributed by atoms with Crippen LogP contribution in [0.25, 0.3) is 11.1 Å². The van der Waals surface area contributed by atoms with Crippen molar-refractivity contribution < 1.29 is 4.74 Å². The van der Waals surface area contributed by atoms with Crippen LogP contribution in [-0.2, 0) is 6.42 Å². The van der Waals surface area contributed by atoms with Gasteiger partial charge in [0.05, 0.1) is 7.11 Å². The zero-order chi connectivity index (χ0) is 11.4. The topological polar surface area (TPSA) is 22.1 Å². The van der Waals surface area contributed by atoms with Crippen molar-refractivity contribution in [2.75, 3.05) is 7.11 Å². The lowest BCUT2D eigenvalue weighted by atomic mass is 10.1. The number of ether oxygens (including phenoxy) is 1. The minimum atomic E-state index is 0.872. The molecular formula is C14H15NO. The largest absolute Gasteiger partial charge is 0.497 e. The number of aryl methyl sites for hydroxylation is 1. The third-order valence-electron chi connectivity index (χ3n) is 2.59. The second kappa shape index (κ2) is 4.79. The average molecular weight is 213 g/mol. The number of rotatable bonds is 3. The van der Waals surface area contributed by atoms with Crippen LogP contribution in [0.4, 0.5) is 0 Å². The van der Waals surface area contributed by atoms with Gasteiger partial charge in [-0.2, -0.15) is 0 Å². The molecule has 0 N–H and O–H groups in total. The fraction of sp³-hybridized carbons (Fsp3) is 0.214. The van der Waals surface area contributed by atoms with Crippen LogP contribution in [0.1, 0.15) is 12.6 Å². The number of aromatic nitrogens is 1. The molecule has 0 atom stereocenters. The molecule has 0 saturated heterocycles. The van der Waals surface area contributed by atoms with Crippen molar-refractivity contribution in [3.05, 3.63) is 48.3 Å². The van der Waals surface area contributed by atoms with Gasteiger partial charge in [-0.05, 0) is 30.2 Å². The number of nitrogens with zero attached hydrogens (tertiary/aromatic N) is 1. The highest BCUT2D eigenvalue weighted by atomic mass is 16.5. The minimum absolute atomic E-state index is 0.872. The predicted octanol–water partition coefficient (Wildman–Crippen LogP) is 3.32. The molecule has 0 fully saturated rings. The third-order valence-corrected chi connectivity index (χ3v) is 2.59. The molecule has 2 aromatic rings. The van der Waals surface area contributed by atoms with Crippen molar-refractivity contribution in [3.8, 4) is 16.9 Å². The zero-order valence-electron chi connectivity index (χ0n) is 9.60. The molecule has 0 spiro atoms. The molecule has 0 radical (unpaired) electrons. The van der Waals surface area contributed by atoms with Crippen LogP contribution in [0.5, 0.6) is 5.75 Å². The van der Waals surface area contributed by atoms with Gasteiger partial charge in [0.15, 0.2) is 0 Å². The van der Waals surface area contributed by atoms with Crippen molar-refractivity contribution in [1.29, 1.82) is 0 Å². The van der Waals surface area contributed by atoms with Gasteiger partial charge in [0.25, 0.3) is 0 Å². The molecule has 0 bridgehead atoms. The summed E-state index contributed by atoms with van der Waals surface area (Å²) >= 11 is 0. The Morgan fingerprint density at radius 2 is 2.00 bits per heavy atom. The standard InChI is InChI=1S/C14H15NO/c1-3-13-8-7-12(10-15-13)11-5-4-6-14(9-11)16-2/h4-10H,3H2,1-2H3. The van der Waals surface area contributed by atoms with Gasteiger partial charge in [-0.15, -0.1) is 0 Å². The Balaban J connectivity index is 2.34. The lowest BCUT2D eigenvalue weighted by Gasteiger charge is -2.05. The molecule has 0 aliphatic heterocycles. The smallest absolute Gasteiger partial charge is 0.119 e. The highest BCUT2D eigenvalue weighted by molar-refractivity contribution is 5.64. The van der Waals surface area contributed by atoms with E-state index in [0.29, 0.717) is 0 Å². The highest BCUT2D eigenvalue weighted by Gasteiger charge is 2.00. The Morgan fingerprint density at radius 1 is 1.12 bits per heavy atom. The normalized spacial score (nSPS) is 10.1. The van der Waals surface area contributed by atoms with Gasteiger partial charge >= 0.3 is 0 Å². The van der Waals surface area contributed by atoms with E-state index in [4.69, 9.17) is 4.74 Å². The van der Waals surface area contributed by atoms with Gasteiger partial charge in [-0.1, -0.05) is 25.1 Å². The van der Waals surface area contributed by atoms with Crippen LogP contribution in [0, 0.1) is 0 Å². The Hall–Kier alpha value is -1.83. The number of hydrogen-bond donors (Lipinski definition) is 0. The van der Waals surface area contributed by atoms with Crippen molar-refractivity contribution >= 4 is 0 Å². The quantitative estimate of drug-likeness (QED) is 0.780. The molecule has 0 unspecified atom stereocenters. The summed E-state index contributed by atoms with van der Waals surface area (Å²) < 4.78 is 5.20. The van der Waals surface area contributed by atoms with E-state index in [0.717, 1.165) is 29.0 Å². The van der Waals surface area contributed by atoms with E-state index >= 15 is 0 Å². The summed E-state index contributed by atoms with van der Waals surface area (Å²) in [5.41, 5.74) is 3.37. The Labute approximate surface area is 95.9 Å². The molecule has 82 valence electrons.